The van der Waals surface area contributed by atoms with Gasteiger partial charge in [-0.15, -0.1) is 0 Å². The number of carbonyl (C=O) groups is 1. The van der Waals surface area contributed by atoms with Crippen LogP contribution in [0.15, 0.2) is 18.2 Å². The lowest BCUT2D eigenvalue weighted by atomic mass is 10.1. The van der Waals surface area contributed by atoms with Crippen molar-refractivity contribution in [2.75, 3.05) is 5.73 Å². The van der Waals surface area contributed by atoms with Crippen molar-refractivity contribution in [3.8, 4) is 0 Å². The minimum Gasteiger partial charge on any atom is -0.398 e. The number of nitrogen functional groups attached to an aromatic ring is 1. The zero-order chi connectivity index (χ0) is 11.6. The Balaban J connectivity index is 3.17. The number of benzene rings is 1. The molecule has 3 N–H and O–H groups in total. The Morgan fingerprint density at radius 1 is 1.47 bits per heavy atom. The van der Waals surface area contributed by atoms with Crippen molar-refractivity contribution < 1.29 is 17.8 Å². The Kier molecular flexibility index (Phi) is 3.11. The molecule has 0 aliphatic carbocycles. The third-order valence-corrected chi connectivity index (χ3v) is 2.56. The average Bonchev–Trinajstić information content (AvgIpc) is 2.06. The van der Waals surface area contributed by atoms with Gasteiger partial charge in [-0.25, -0.2) is 0 Å². The van der Waals surface area contributed by atoms with Gasteiger partial charge in [0.25, 0.3) is 10.1 Å². The van der Waals surface area contributed by atoms with Crippen LogP contribution in [0.4, 0.5) is 5.69 Å². The molecule has 0 aromatic heterocycles. The molecule has 1 aromatic rings. The lowest BCUT2D eigenvalue weighted by Gasteiger charge is -2.05. The van der Waals surface area contributed by atoms with Crippen LogP contribution in [0.2, 0.25) is 0 Å². The van der Waals surface area contributed by atoms with Gasteiger partial charge in [0.05, 0.1) is 0 Å². The summed E-state index contributed by atoms with van der Waals surface area (Å²) in [5.74, 6) is -0.772. The fraction of sp³-hybridized carbons (Fsp3) is 0.222. The van der Waals surface area contributed by atoms with Gasteiger partial charge in [-0.3, -0.25) is 9.35 Å². The van der Waals surface area contributed by atoms with E-state index in [1.165, 1.54) is 25.1 Å². The van der Waals surface area contributed by atoms with Gasteiger partial charge in [0.15, 0.2) is 5.78 Å². The molecule has 5 nitrogen and oxygen atoms in total. The molecule has 0 aliphatic heterocycles. The van der Waals surface area contributed by atoms with E-state index in [1.807, 2.05) is 0 Å². The van der Waals surface area contributed by atoms with Crippen molar-refractivity contribution in [2.45, 2.75) is 12.7 Å². The first-order chi connectivity index (χ1) is 6.79. The maximum atomic E-state index is 11.0. The molecular weight excluding hydrogens is 218 g/mol. The van der Waals surface area contributed by atoms with E-state index in [2.05, 4.69) is 0 Å². The van der Waals surface area contributed by atoms with Gasteiger partial charge in [0, 0.05) is 11.3 Å². The van der Waals surface area contributed by atoms with Crippen molar-refractivity contribution in [3.63, 3.8) is 0 Å². The number of nitrogens with two attached hydrogens (primary N) is 1. The molecule has 0 fully saturated rings. The summed E-state index contributed by atoms with van der Waals surface area (Å²) in [6.45, 7) is 1.36. The molecular formula is C9H11NO4S. The molecule has 0 saturated carbocycles. The molecule has 0 aliphatic rings. The monoisotopic (exact) mass is 229 g/mol. The average molecular weight is 229 g/mol. The second-order valence-corrected chi connectivity index (χ2v) is 4.65. The molecule has 1 aromatic carbocycles. The summed E-state index contributed by atoms with van der Waals surface area (Å²) in [6, 6.07) is 4.31. The van der Waals surface area contributed by atoms with E-state index in [1.54, 1.807) is 0 Å². The van der Waals surface area contributed by atoms with Crippen LogP contribution in [0.3, 0.4) is 0 Å². The zero-order valence-electron chi connectivity index (χ0n) is 8.10. The van der Waals surface area contributed by atoms with Crippen molar-refractivity contribution in [2.24, 2.45) is 0 Å². The molecule has 0 unspecified atom stereocenters. The summed E-state index contributed by atoms with van der Waals surface area (Å²) in [4.78, 5) is 11.0. The summed E-state index contributed by atoms with van der Waals surface area (Å²) in [5, 5.41) is 0. The minimum atomic E-state index is -4.13. The van der Waals surface area contributed by atoms with Crippen LogP contribution < -0.4 is 5.73 Å². The molecule has 0 bridgehead atoms. The Morgan fingerprint density at radius 2 is 2.07 bits per heavy atom. The summed E-state index contributed by atoms with van der Waals surface area (Å²) in [6.07, 6.45) is 0. The van der Waals surface area contributed by atoms with Crippen molar-refractivity contribution in [3.05, 3.63) is 29.3 Å². The van der Waals surface area contributed by atoms with Gasteiger partial charge < -0.3 is 5.73 Å². The van der Waals surface area contributed by atoms with Crippen LogP contribution in [0.25, 0.3) is 0 Å². The normalized spacial score (nSPS) is 11.3. The lowest BCUT2D eigenvalue weighted by Crippen LogP contribution is -2.06. The van der Waals surface area contributed by atoms with Gasteiger partial charge in [-0.2, -0.15) is 8.42 Å². The highest BCUT2D eigenvalue weighted by molar-refractivity contribution is 7.85. The van der Waals surface area contributed by atoms with Crippen LogP contribution >= 0.6 is 0 Å². The highest BCUT2D eigenvalue weighted by atomic mass is 32.2. The summed E-state index contributed by atoms with van der Waals surface area (Å²) >= 11 is 0. The van der Waals surface area contributed by atoms with E-state index in [9.17, 15) is 13.2 Å². The molecule has 6 heteroatoms. The van der Waals surface area contributed by atoms with Gasteiger partial charge in [-0.05, 0) is 30.7 Å². The maximum Gasteiger partial charge on any atom is 0.269 e. The zero-order valence-corrected chi connectivity index (χ0v) is 8.91. The standard InChI is InChI=1S/C9H11NO4S/c1-6(11)7-2-3-9(10)8(4-7)5-15(12,13)14/h2-4H,5,10H2,1H3,(H,12,13,14). The fourth-order valence-corrected chi connectivity index (χ4v) is 1.79. The maximum absolute atomic E-state index is 11.0. The Bertz CT molecular complexity index is 493. The smallest absolute Gasteiger partial charge is 0.269 e. The van der Waals surface area contributed by atoms with Crippen LogP contribution in [0.5, 0.6) is 0 Å². The van der Waals surface area contributed by atoms with Crippen LogP contribution in [0.1, 0.15) is 22.8 Å². The van der Waals surface area contributed by atoms with E-state index >= 15 is 0 Å². The largest absolute Gasteiger partial charge is 0.398 e. The third kappa shape index (κ3) is 3.34. The number of ketones is 1. The molecule has 0 atom stereocenters. The number of hydrogen-bond acceptors (Lipinski definition) is 4. The predicted molar refractivity (Wildman–Crippen MR) is 56.1 cm³/mol. The second-order valence-electron chi connectivity index (χ2n) is 3.20. The molecule has 1 rings (SSSR count). The molecule has 0 radical (unpaired) electrons. The number of Topliss-reactive ketones (excluding diaryl/α,β-unsaturated/α-hetero) is 1. The first kappa shape index (κ1) is 11.7. The molecule has 15 heavy (non-hydrogen) atoms. The van der Waals surface area contributed by atoms with Crippen LogP contribution in [-0.4, -0.2) is 18.8 Å². The van der Waals surface area contributed by atoms with Crippen molar-refractivity contribution >= 4 is 21.6 Å². The molecule has 0 amide bonds. The Hall–Kier alpha value is -1.40. The quantitative estimate of drug-likeness (QED) is 0.455. The highest BCUT2D eigenvalue weighted by Crippen LogP contribution is 2.17. The van der Waals surface area contributed by atoms with E-state index in [0.29, 0.717) is 5.56 Å². The minimum absolute atomic E-state index is 0.188. The SMILES string of the molecule is CC(=O)c1ccc(N)c(CS(=O)(=O)O)c1. The molecule has 0 heterocycles. The van der Waals surface area contributed by atoms with Gasteiger partial charge in [0.1, 0.15) is 5.75 Å². The molecule has 0 saturated heterocycles. The predicted octanol–water partition coefficient (Wildman–Crippen LogP) is 0.859. The van der Waals surface area contributed by atoms with E-state index in [4.69, 9.17) is 10.3 Å². The summed E-state index contributed by atoms with van der Waals surface area (Å²) in [7, 11) is -4.13. The molecule has 82 valence electrons. The summed E-state index contributed by atoms with van der Waals surface area (Å²) < 4.78 is 30.0. The van der Waals surface area contributed by atoms with E-state index < -0.39 is 15.9 Å². The van der Waals surface area contributed by atoms with Gasteiger partial charge in [-0.1, -0.05) is 0 Å². The van der Waals surface area contributed by atoms with Crippen molar-refractivity contribution in [1.82, 2.24) is 0 Å². The first-order valence-electron chi connectivity index (χ1n) is 4.14. The third-order valence-electron chi connectivity index (χ3n) is 1.89. The summed E-state index contributed by atoms with van der Waals surface area (Å²) in [5.41, 5.74) is 6.33. The topological polar surface area (TPSA) is 97.5 Å². The highest BCUT2D eigenvalue weighted by Gasteiger charge is 2.11. The Morgan fingerprint density at radius 3 is 2.53 bits per heavy atom. The number of anilines is 1. The second kappa shape index (κ2) is 4.00. The Labute approximate surface area is 87.7 Å². The number of rotatable bonds is 3. The number of hydrogen-bond donors (Lipinski definition) is 2. The van der Waals surface area contributed by atoms with Crippen molar-refractivity contribution in [1.29, 1.82) is 0 Å². The first-order valence-corrected chi connectivity index (χ1v) is 5.75. The molecule has 0 spiro atoms. The van der Waals surface area contributed by atoms with Crippen LogP contribution in [0, 0.1) is 0 Å². The van der Waals surface area contributed by atoms with Gasteiger partial charge >= 0.3 is 0 Å². The van der Waals surface area contributed by atoms with Crippen LogP contribution in [-0.2, 0) is 15.9 Å². The number of carbonyl (C=O) groups excluding carboxylic acids is 1. The van der Waals surface area contributed by atoms with E-state index in [0.717, 1.165) is 0 Å². The lowest BCUT2D eigenvalue weighted by molar-refractivity contribution is 0.101. The van der Waals surface area contributed by atoms with Gasteiger partial charge in [0.2, 0.25) is 0 Å². The van der Waals surface area contributed by atoms with E-state index in [-0.39, 0.29) is 17.0 Å². The fourth-order valence-electron chi connectivity index (χ4n) is 1.15.